The minimum atomic E-state index is -1.52. The molecule has 1 rings (SSSR count). The van der Waals surface area contributed by atoms with E-state index in [1.807, 2.05) is 5.32 Å². The van der Waals surface area contributed by atoms with Crippen molar-refractivity contribution in [3.05, 3.63) is 11.7 Å². The Balaban J connectivity index is 2.85. The third kappa shape index (κ3) is 6.33. The van der Waals surface area contributed by atoms with Crippen LogP contribution in [0.2, 0.25) is 0 Å². The smallest absolute Gasteiger partial charge is 0.328 e. The summed E-state index contributed by atoms with van der Waals surface area (Å²) in [6.07, 6.45) is -0.132. The maximum atomic E-state index is 11.9. The zero-order valence-electron chi connectivity index (χ0n) is 13.1. The highest BCUT2D eigenvalue weighted by atomic mass is 16.5. The van der Waals surface area contributed by atoms with Crippen molar-refractivity contribution in [2.24, 2.45) is 11.5 Å². The topological polar surface area (TPSA) is 227 Å². The molecule has 0 radical (unpaired) electrons. The molecule has 0 spiro atoms. The highest BCUT2D eigenvalue weighted by molar-refractivity contribution is 5.82. The average molecular weight is 360 g/mol. The van der Waals surface area contributed by atoms with Gasteiger partial charge in [0, 0.05) is 6.42 Å². The average Bonchev–Trinajstić information content (AvgIpc) is 3.05. The number of carboxylic acid groups (broad SMARTS) is 1. The number of carbonyl (C=O) groups is 3. The molecule has 0 unspecified atom stereocenters. The lowest BCUT2D eigenvalue weighted by Crippen LogP contribution is -2.48. The number of aromatic nitrogens is 2. The van der Waals surface area contributed by atoms with Gasteiger partial charge in [-0.15, -0.1) is 0 Å². The minimum Gasteiger partial charge on any atom is -0.480 e. The Morgan fingerprint density at radius 2 is 1.88 bits per heavy atom. The van der Waals surface area contributed by atoms with Crippen molar-refractivity contribution in [3.63, 3.8) is 0 Å². The van der Waals surface area contributed by atoms with Crippen LogP contribution in [0, 0.1) is 0 Å². The Hall–Kier alpha value is -2.77. The highest BCUT2D eigenvalue weighted by Crippen LogP contribution is 2.18. The molecule has 13 nitrogen and oxygen atoms in total. The van der Waals surface area contributed by atoms with Crippen molar-refractivity contribution in [1.82, 2.24) is 20.8 Å². The maximum Gasteiger partial charge on any atom is 0.328 e. The summed E-state index contributed by atoms with van der Waals surface area (Å²) in [5.41, 5.74) is 10.6. The normalized spacial score (nSPS) is 14.4. The zero-order chi connectivity index (χ0) is 19.0. The van der Waals surface area contributed by atoms with Crippen LogP contribution in [0.15, 0.2) is 4.52 Å². The van der Waals surface area contributed by atoms with Gasteiger partial charge in [-0.2, -0.15) is 4.98 Å². The molecule has 0 bridgehead atoms. The zero-order valence-corrected chi connectivity index (χ0v) is 13.1. The Bertz CT molecular complexity index is 607. The number of hydrogen-bond donors (Lipinski definition) is 7. The van der Waals surface area contributed by atoms with E-state index >= 15 is 0 Å². The molecule has 0 aliphatic rings. The number of urea groups is 1. The van der Waals surface area contributed by atoms with Crippen molar-refractivity contribution in [2.75, 3.05) is 13.2 Å². The van der Waals surface area contributed by atoms with Crippen LogP contribution in [-0.2, 0) is 9.59 Å². The maximum absolute atomic E-state index is 11.9. The summed E-state index contributed by atoms with van der Waals surface area (Å²) in [5, 5.41) is 34.6. The van der Waals surface area contributed by atoms with E-state index in [1.54, 1.807) is 0 Å². The van der Waals surface area contributed by atoms with E-state index < -0.39 is 49.2 Å². The summed E-state index contributed by atoms with van der Waals surface area (Å²) < 4.78 is 4.95. The van der Waals surface area contributed by atoms with Gasteiger partial charge in [0.2, 0.25) is 11.8 Å². The number of rotatable bonds is 10. The number of aliphatic carboxylic acids is 1. The number of carboxylic acids is 1. The SMILES string of the molecule is NC(=O)CC[C@H](NC(=O)N[C@@H](CO)C(=O)O)c1nc([C@@H](N)CO)no1. The molecule has 1 heterocycles. The first kappa shape index (κ1) is 20.3. The predicted molar refractivity (Wildman–Crippen MR) is 79.7 cm³/mol. The van der Waals surface area contributed by atoms with Crippen LogP contribution in [0.4, 0.5) is 4.79 Å². The molecule has 0 fully saturated rings. The van der Waals surface area contributed by atoms with Crippen molar-refractivity contribution in [1.29, 1.82) is 0 Å². The molecule has 0 saturated heterocycles. The van der Waals surface area contributed by atoms with E-state index in [1.165, 1.54) is 0 Å². The van der Waals surface area contributed by atoms with E-state index in [0.717, 1.165) is 0 Å². The van der Waals surface area contributed by atoms with Gasteiger partial charge in [-0.05, 0) is 6.42 Å². The molecule has 13 heteroatoms. The van der Waals surface area contributed by atoms with E-state index in [0.29, 0.717) is 0 Å². The van der Waals surface area contributed by atoms with Gasteiger partial charge in [0.1, 0.15) is 6.04 Å². The van der Waals surface area contributed by atoms with E-state index in [9.17, 15) is 14.4 Å². The van der Waals surface area contributed by atoms with Gasteiger partial charge in [0.25, 0.3) is 0 Å². The first-order chi connectivity index (χ1) is 11.8. The number of nitrogens with zero attached hydrogens (tertiary/aromatic N) is 2. The van der Waals surface area contributed by atoms with Crippen molar-refractivity contribution < 1.29 is 34.2 Å². The summed E-state index contributed by atoms with van der Waals surface area (Å²) in [4.78, 5) is 37.6. The summed E-state index contributed by atoms with van der Waals surface area (Å²) in [7, 11) is 0. The Kier molecular flexibility index (Phi) is 7.71. The van der Waals surface area contributed by atoms with Crippen molar-refractivity contribution >= 4 is 17.9 Å². The van der Waals surface area contributed by atoms with Gasteiger partial charge in [-0.25, -0.2) is 9.59 Å². The second-order valence-corrected chi connectivity index (χ2v) is 5.03. The molecule has 3 amide bonds. The van der Waals surface area contributed by atoms with Gasteiger partial charge in [-0.3, -0.25) is 4.79 Å². The number of aliphatic hydroxyl groups is 2. The Morgan fingerprint density at radius 3 is 2.40 bits per heavy atom. The van der Waals surface area contributed by atoms with Crippen LogP contribution >= 0.6 is 0 Å². The second kappa shape index (κ2) is 9.51. The molecule has 0 aromatic carbocycles. The fourth-order valence-electron chi connectivity index (χ4n) is 1.71. The van der Waals surface area contributed by atoms with Crippen LogP contribution in [0.25, 0.3) is 0 Å². The molecular weight excluding hydrogens is 340 g/mol. The molecule has 3 atom stereocenters. The monoisotopic (exact) mass is 360 g/mol. The predicted octanol–water partition coefficient (Wildman–Crippen LogP) is -2.89. The molecule has 1 aromatic heterocycles. The fourth-order valence-corrected chi connectivity index (χ4v) is 1.71. The fraction of sp³-hybridized carbons (Fsp3) is 0.583. The highest BCUT2D eigenvalue weighted by Gasteiger charge is 2.25. The lowest BCUT2D eigenvalue weighted by atomic mass is 10.1. The number of nitrogens with two attached hydrogens (primary N) is 2. The van der Waals surface area contributed by atoms with Crippen LogP contribution in [0.3, 0.4) is 0 Å². The Labute approximate surface area is 141 Å². The largest absolute Gasteiger partial charge is 0.480 e. The third-order valence-corrected chi connectivity index (χ3v) is 3.05. The number of amides is 3. The van der Waals surface area contributed by atoms with Gasteiger partial charge < -0.3 is 41.9 Å². The lowest BCUT2D eigenvalue weighted by Gasteiger charge is -2.17. The molecule has 25 heavy (non-hydrogen) atoms. The standard InChI is InChI=1S/C12H20N6O7/c13-5(3-19)9-17-10(25-18-9)6(1-2-8(14)21)15-12(24)16-7(4-20)11(22)23/h5-7,19-20H,1-4,13H2,(H2,14,21)(H,22,23)(H2,15,16,24)/t5-,6-,7-/m0/s1. The molecule has 1 aromatic rings. The van der Waals surface area contributed by atoms with Crippen molar-refractivity contribution in [2.45, 2.75) is 31.0 Å². The Morgan fingerprint density at radius 1 is 1.20 bits per heavy atom. The van der Waals surface area contributed by atoms with Crippen molar-refractivity contribution in [3.8, 4) is 0 Å². The number of hydrogen-bond acceptors (Lipinski definition) is 9. The molecule has 140 valence electrons. The van der Waals surface area contributed by atoms with Crippen LogP contribution in [-0.4, -0.2) is 62.6 Å². The van der Waals surface area contributed by atoms with Crippen LogP contribution in [0.5, 0.6) is 0 Å². The van der Waals surface area contributed by atoms with E-state index in [2.05, 4.69) is 15.5 Å². The lowest BCUT2D eigenvalue weighted by molar-refractivity contribution is -0.140. The first-order valence-corrected chi connectivity index (χ1v) is 7.17. The number of primary amides is 1. The van der Waals surface area contributed by atoms with Gasteiger partial charge in [0.05, 0.1) is 19.3 Å². The van der Waals surface area contributed by atoms with Gasteiger partial charge in [0.15, 0.2) is 11.9 Å². The first-order valence-electron chi connectivity index (χ1n) is 7.17. The second-order valence-electron chi connectivity index (χ2n) is 5.03. The quantitative estimate of drug-likeness (QED) is 0.225. The number of aliphatic hydroxyl groups excluding tert-OH is 2. The molecule has 0 aliphatic carbocycles. The summed E-state index contributed by atoms with van der Waals surface area (Å²) >= 11 is 0. The van der Waals surface area contributed by atoms with Crippen LogP contribution in [0.1, 0.15) is 36.6 Å². The third-order valence-electron chi connectivity index (χ3n) is 3.05. The van der Waals surface area contributed by atoms with E-state index in [4.69, 9.17) is 31.3 Å². The number of carbonyl (C=O) groups excluding carboxylic acids is 2. The van der Waals surface area contributed by atoms with Gasteiger partial charge >= 0.3 is 12.0 Å². The molecular formula is C12H20N6O7. The summed E-state index contributed by atoms with van der Waals surface area (Å²) in [6.45, 7) is -1.25. The number of nitrogens with one attached hydrogen (secondary N) is 2. The van der Waals surface area contributed by atoms with E-state index in [-0.39, 0.29) is 24.6 Å². The van der Waals surface area contributed by atoms with Crippen LogP contribution < -0.4 is 22.1 Å². The summed E-state index contributed by atoms with van der Waals surface area (Å²) in [6, 6.07) is -4.32. The minimum absolute atomic E-state index is 0.00435. The molecule has 0 aliphatic heterocycles. The summed E-state index contributed by atoms with van der Waals surface area (Å²) in [5.74, 6) is -2.19. The molecule has 0 saturated carbocycles. The van der Waals surface area contributed by atoms with Gasteiger partial charge in [-0.1, -0.05) is 5.16 Å². The molecule has 9 N–H and O–H groups in total.